The van der Waals surface area contributed by atoms with Crippen molar-refractivity contribution in [3.8, 4) is 11.6 Å². The molecule has 0 atom stereocenters. The Morgan fingerprint density at radius 2 is 2.05 bits per heavy atom. The molecule has 110 valence electrons. The van der Waals surface area contributed by atoms with Crippen molar-refractivity contribution in [2.75, 3.05) is 0 Å². The van der Waals surface area contributed by atoms with E-state index in [-0.39, 0.29) is 0 Å². The lowest BCUT2D eigenvalue weighted by atomic mass is 10.1. The van der Waals surface area contributed by atoms with Crippen LogP contribution in [0.2, 0.25) is 5.02 Å². The van der Waals surface area contributed by atoms with E-state index in [9.17, 15) is 0 Å². The fraction of sp³-hybridized carbons (Fsp3) is 0.353. The number of halogens is 1. The van der Waals surface area contributed by atoms with E-state index in [0.717, 1.165) is 17.9 Å². The first kappa shape index (κ1) is 14.4. The van der Waals surface area contributed by atoms with Gasteiger partial charge in [0.25, 0.3) is 0 Å². The van der Waals surface area contributed by atoms with Crippen LogP contribution in [0.4, 0.5) is 0 Å². The molecule has 1 aromatic carbocycles. The van der Waals surface area contributed by atoms with E-state index >= 15 is 0 Å². The number of hydrogen-bond donors (Lipinski definition) is 1. The maximum atomic E-state index is 6.27. The zero-order valence-electron chi connectivity index (χ0n) is 12.3. The number of benzene rings is 1. The highest BCUT2D eigenvalue weighted by Crippen LogP contribution is 2.29. The maximum Gasteiger partial charge on any atom is 0.238 e. The predicted molar refractivity (Wildman–Crippen MR) is 85.1 cm³/mol. The normalized spacial score (nSPS) is 14.2. The minimum atomic E-state index is 0.454. The van der Waals surface area contributed by atoms with Crippen LogP contribution < -0.4 is 10.1 Å². The largest absolute Gasteiger partial charge is 0.438 e. The quantitative estimate of drug-likeness (QED) is 0.889. The summed E-state index contributed by atoms with van der Waals surface area (Å²) < 4.78 is 5.77. The van der Waals surface area contributed by atoms with E-state index in [1.54, 1.807) is 0 Å². The molecule has 0 spiro atoms. The van der Waals surface area contributed by atoms with Crippen molar-refractivity contribution >= 4 is 11.6 Å². The van der Waals surface area contributed by atoms with Crippen molar-refractivity contribution in [3.63, 3.8) is 0 Å². The molecule has 0 amide bonds. The van der Waals surface area contributed by atoms with Crippen LogP contribution in [0.25, 0.3) is 0 Å². The molecule has 0 saturated heterocycles. The van der Waals surface area contributed by atoms with E-state index in [1.165, 1.54) is 24.0 Å². The Morgan fingerprint density at radius 3 is 2.71 bits per heavy atom. The summed E-state index contributed by atoms with van der Waals surface area (Å²) >= 11 is 6.27. The second-order valence-corrected chi connectivity index (χ2v) is 6.04. The summed E-state index contributed by atoms with van der Waals surface area (Å²) in [6, 6.07) is 8.56. The SMILES string of the molecule is Cc1ccc(Oc2ncc(CNC3CC3)cc2Cl)cc1C. The Hall–Kier alpha value is -1.58. The average Bonchev–Trinajstić information content (AvgIpc) is 3.27. The molecule has 21 heavy (non-hydrogen) atoms. The van der Waals surface area contributed by atoms with Gasteiger partial charge in [-0.1, -0.05) is 17.7 Å². The first-order valence-electron chi connectivity index (χ1n) is 7.25. The second kappa shape index (κ2) is 6.04. The van der Waals surface area contributed by atoms with E-state index in [4.69, 9.17) is 16.3 Å². The number of nitrogens with one attached hydrogen (secondary N) is 1. The van der Waals surface area contributed by atoms with Gasteiger partial charge in [-0.05, 0) is 61.6 Å². The molecule has 0 bridgehead atoms. The molecule has 1 aliphatic carbocycles. The van der Waals surface area contributed by atoms with Gasteiger partial charge in [-0.15, -0.1) is 0 Å². The molecule has 4 heteroatoms. The fourth-order valence-corrected chi connectivity index (χ4v) is 2.30. The van der Waals surface area contributed by atoms with Crippen LogP contribution in [-0.2, 0) is 6.54 Å². The number of nitrogens with zero attached hydrogens (tertiary/aromatic N) is 1. The summed E-state index contributed by atoms with van der Waals surface area (Å²) in [5.41, 5.74) is 3.51. The van der Waals surface area contributed by atoms with Crippen LogP contribution in [0.5, 0.6) is 11.6 Å². The fourth-order valence-electron chi connectivity index (χ4n) is 2.08. The highest BCUT2D eigenvalue weighted by Gasteiger charge is 2.20. The van der Waals surface area contributed by atoms with Crippen LogP contribution in [-0.4, -0.2) is 11.0 Å². The van der Waals surface area contributed by atoms with Crippen molar-refractivity contribution in [1.29, 1.82) is 0 Å². The molecular formula is C17H19ClN2O. The third-order valence-electron chi connectivity index (χ3n) is 3.73. The first-order valence-corrected chi connectivity index (χ1v) is 7.62. The van der Waals surface area contributed by atoms with Crippen LogP contribution in [0.1, 0.15) is 29.5 Å². The van der Waals surface area contributed by atoms with Crippen LogP contribution in [0, 0.1) is 13.8 Å². The Bertz CT molecular complexity index is 653. The number of hydrogen-bond acceptors (Lipinski definition) is 3. The Balaban J connectivity index is 1.70. The van der Waals surface area contributed by atoms with Crippen molar-refractivity contribution in [2.45, 2.75) is 39.3 Å². The summed E-state index contributed by atoms with van der Waals surface area (Å²) in [7, 11) is 0. The Labute approximate surface area is 130 Å². The highest BCUT2D eigenvalue weighted by atomic mass is 35.5. The van der Waals surface area contributed by atoms with Gasteiger partial charge < -0.3 is 10.1 Å². The van der Waals surface area contributed by atoms with Gasteiger partial charge >= 0.3 is 0 Å². The van der Waals surface area contributed by atoms with E-state index < -0.39 is 0 Å². The highest BCUT2D eigenvalue weighted by molar-refractivity contribution is 6.31. The van der Waals surface area contributed by atoms with Crippen LogP contribution in [0.3, 0.4) is 0 Å². The van der Waals surface area contributed by atoms with Gasteiger partial charge in [-0.3, -0.25) is 0 Å². The number of pyridine rings is 1. The minimum absolute atomic E-state index is 0.454. The standard InChI is InChI=1S/C17H19ClN2O/c1-11-3-6-15(7-12(11)2)21-17-16(18)8-13(10-20-17)9-19-14-4-5-14/h3,6-8,10,14,19H,4-5,9H2,1-2H3. The molecule has 3 rings (SSSR count). The van der Waals surface area contributed by atoms with Gasteiger partial charge in [0, 0.05) is 18.8 Å². The summed E-state index contributed by atoms with van der Waals surface area (Å²) in [5, 5.41) is 3.99. The lowest BCUT2D eigenvalue weighted by molar-refractivity contribution is 0.462. The minimum Gasteiger partial charge on any atom is -0.438 e. The maximum absolute atomic E-state index is 6.27. The summed E-state index contributed by atoms with van der Waals surface area (Å²) in [5.74, 6) is 1.21. The zero-order valence-corrected chi connectivity index (χ0v) is 13.1. The smallest absolute Gasteiger partial charge is 0.238 e. The predicted octanol–water partition coefficient (Wildman–Crippen LogP) is 4.40. The van der Waals surface area contributed by atoms with Gasteiger partial charge in [-0.2, -0.15) is 0 Å². The molecule has 1 aromatic heterocycles. The van der Waals surface area contributed by atoms with Crippen molar-refractivity contribution < 1.29 is 4.74 Å². The number of rotatable bonds is 5. The number of ether oxygens (including phenoxy) is 1. The van der Waals surface area contributed by atoms with Crippen LogP contribution >= 0.6 is 11.6 Å². The van der Waals surface area contributed by atoms with Gasteiger partial charge in [-0.25, -0.2) is 4.98 Å². The topological polar surface area (TPSA) is 34.1 Å². The third-order valence-corrected chi connectivity index (χ3v) is 4.00. The average molecular weight is 303 g/mol. The molecule has 1 aliphatic rings. The number of aryl methyl sites for hydroxylation is 2. The summed E-state index contributed by atoms with van der Waals surface area (Å²) in [6.45, 7) is 4.94. The zero-order chi connectivity index (χ0) is 14.8. The lowest BCUT2D eigenvalue weighted by Crippen LogP contribution is -2.15. The second-order valence-electron chi connectivity index (χ2n) is 5.63. The number of aromatic nitrogens is 1. The van der Waals surface area contributed by atoms with Gasteiger partial charge in [0.15, 0.2) is 0 Å². The van der Waals surface area contributed by atoms with Crippen molar-refractivity contribution in [1.82, 2.24) is 10.3 Å². The molecule has 0 unspecified atom stereocenters. The molecule has 2 aromatic rings. The van der Waals surface area contributed by atoms with Gasteiger partial charge in [0.2, 0.25) is 5.88 Å². The molecule has 3 nitrogen and oxygen atoms in total. The Morgan fingerprint density at radius 1 is 1.24 bits per heavy atom. The molecular weight excluding hydrogens is 284 g/mol. The lowest BCUT2D eigenvalue weighted by Gasteiger charge is -2.10. The first-order chi connectivity index (χ1) is 10.1. The molecule has 1 saturated carbocycles. The summed E-state index contributed by atoms with van der Waals surface area (Å²) in [4.78, 5) is 4.33. The molecule has 1 heterocycles. The monoisotopic (exact) mass is 302 g/mol. The third kappa shape index (κ3) is 3.74. The van der Waals surface area contributed by atoms with Crippen molar-refractivity contribution in [2.24, 2.45) is 0 Å². The molecule has 1 N–H and O–H groups in total. The molecule has 0 aliphatic heterocycles. The van der Waals surface area contributed by atoms with Gasteiger partial charge in [0.1, 0.15) is 10.8 Å². The Kier molecular flexibility index (Phi) is 4.13. The molecule has 1 fully saturated rings. The van der Waals surface area contributed by atoms with Crippen LogP contribution in [0.15, 0.2) is 30.5 Å². The summed E-state index contributed by atoms with van der Waals surface area (Å²) in [6.07, 6.45) is 4.36. The van der Waals surface area contributed by atoms with Crippen molar-refractivity contribution in [3.05, 3.63) is 52.2 Å². The van der Waals surface area contributed by atoms with E-state index in [1.807, 2.05) is 30.5 Å². The molecule has 0 radical (unpaired) electrons. The van der Waals surface area contributed by atoms with Gasteiger partial charge in [0.05, 0.1) is 0 Å². The van der Waals surface area contributed by atoms with E-state index in [0.29, 0.717) is 16.9 Å². The van der Waals surface area contributed by atoms with E-state index in [2.05, 4.69) is 24.1 Å².